The van der Waals surface area contributed by atoms with Crippen LogP contribution >= 0.6 is 0 Å². The van der Waals surface area contributed by atoms with E-state index in [1.165, 1.54) is 18.2 Å². The van der Waals surface area contributed by atoms with Gasteiger partial charge in [0.1, 0.15) is 0 Å². The fraction of sp³-hybridized carbons (Fsp3) is 0.455. The number of alkyl halides is 3. The molecule has 82 valence electrons. The third-order valence-electron chi connectivity index (χ3n) is 2.65. The fourth-order valence-corrected chi connectivity index (χ4v) is 1.68. The molecule has 1 N–H and O–H groups in total. The predicted molar refractivity (Wildman–Crippen MR) is 49.1 cm³/mol. The maximum Gasteiger partial charge on any atom is 0.416 e. The van der Waals surface area contributed by atoms with E-state index in [1.54, 1.807) is 0 Å². The molecule has 0 spiro atoms. The molecule has 0 aromatic heterocycles. The number of halogens is 3. The normalized spacial score (nSPS) is 18.9. The van der Waals surface area contributed by atoms with E-state index in [0.717, 1.165) is 18.9 Å². The zero-order valence-electron chi connectivity index (χ0n) is 7.96. The highest BCUT2D eigenvalue weighted by molar-refractivity contribution is 5.32. The first-order chi connectivity index (χ1) is 7.00. The molecule has 1 nitrogen and oxygen atoms in total. The molecule has 1 aliphatic carbocycles. The lowest BCUT2D eigenvalue weighted by molar-refractivity contribution is -0.139. The summed E-state index contributed by atoms with van der Waals surface area (Å²) in [6, 6.07) is 5.23. The van der Waals surface area contributed by atoms with Crippen molar-refractivity contribution in [3.8, 4) is 0 Å². The smallest absolute Gasteiger partial charge is 0.388 e. The Labute approximate surface area is 85.5 Å². The third kappa shape index (κ3) is 2.15. The summed E-state index contributed by atoms with van der Waals surface area (Å²) < 4.78 is 37.7. The van der Waals surface area contributed by atoms with Crippen molar-refractivity contribution in [2.45, 2.75) is 25.1 Å². The minimum Gasteiger partial charge on any atom is -0.388 e. The molecular formula is C11H11F3O. The van der Waals surface area contributed by atoms with Gasteiger partial charge in [-0.25, -0.2) is 0 Å². The molecule has 0 aliphatic heterocycles. The van der Waals surface area contributed by atoms with Crippen LogP contribution in [0.1, 0.15) is 30.1 Å². The number of aliphatic hydroxyl groups excluding tert-OH is 1. The van der Waals surface area contributed by atoms with Gasteiger partial charge in [0.15, 0.2) is 0 Å². The van der Waals surface area contributed by atoms with Crippen LogP contribution in [0.5, 0.6) is 0 Å². The summed E-state index contributed by atoms with van der Waals surface area (Å²) in [5.74, 6) is 0.00787. The van der Waals surface area contributed by atoms with E-state index >= 15 is 0 Å². The minimum atomic E-state index is -4.38. The van der Waals surface area contributed by atoms with Gasteiger partial charge in [0, 0.05) is 0 Å². The molecule has 0 unspecified atom stereocenters. The van der Waals surface area contributed by atoms with E-state index in [1.807, 2.05) is 0 Å². The number of hydrogen-bond donors (Lipinski definition) is 1. The largest absolute Gasteiger partial charge is 0.416 e. The van der Waals surface area contributed by atoms with Gasteiger partial charge in [0.05, 0.1) is 11.7 Å². The van der Waals surface area contributed by atoms with Crippen molar-refractivity contribution in [1.29, 1.82) is 0 Å². The maximum atomic E-state index is 12.6. The molecule has 4 heteroatoms. The Hall–Kier alpha value is -1.03. The van der Waals surface area contributed by atoms with Gasteiger partial charge in [-0.15, -0.1) is 0 Å². The molecule has 0 heterocycles. The van der Waals surface area contributed by atoms with Crippen LogP contribution in [-0.4, -0.2) is 5.11 Å². The fourth-order valence-electron chi connectivity index (χ4n) is 1.68. The topological polar surface area (TPSA) is 20.2 Å². The number of benzene rings is 1. The summed E-state index contributed by atoms with van der Waals surface area (Å²) in [5, 5.41) is 9.70. The highest BCUT2D eigenvalue weighted by Gasteiger charge is 2.38. The van der Waals surface area contributed by atoms with Gasteiger partial charge in [-0.3, -0.25) is 0 Å². The van der Waals surface area contributed by atoms with Crippen LogP contribution in [0.25, 0.3) is 0 Å². The molecule has 1 aliphatic rings. The van der Waals surface area contributed by atoms with E-state index in [9.17, 15) is 18.3 Å². The molecule has 1 saturated carbocycles. The Morgan fingerprint density at radius 1 is 1.20 bits per heavy atom. The molecule has 0 radical (unpaired) electrons. The molecule has 0 saturated heterocycles. The average molecular weight is 216 g/mol. The van der Waals surface area contributed by atoms with E-state index in [2.05, 4.69) is 0 Å². The van der Waals surface area contributed by atoms with Crippen LogP contribution in [-0.2, 0) is 6.18 Å². The molecule has 1 atom stereocenters. The van der Waals surface area contributed by atoms with Gasteiger partial charge >= 0.3 is 6.18 Å². The Balaban J connectivity index is 2.37. The van der Waals surface area contributed by atoms with Crippen LogP contribution < -0.4 is 0 Å². The first-order valence-corrected chi connectivity index (χ1v) is 4.84. The molecule has 2 rings (SSSR count). The standard InChI is InChI=1S/C11H11F3O/c12-11(13,14)9-4-2-1-3-8(9)10(15)7-5-6-7/h1-4,7,10,15H,5-6H2/t10-/m1/s1. The van der Waals surface area contributed by atoms with Crippen molar-refractivity contribution in [3.05, 3.63) is 35.4 Å². The quantitative estimate of drug-likeness (QED) is 0.805. The van der Waals surface area contributed by atoms with Gasteiger partial charge in [-0.05, 0) is 30.4 Å². The maximum absolute atomic E-state index is 12.6. The highest BCUT2D eigenvalue weighted by Crippen LogP contribution is 2.44. The molecule has 1 fully saturated rings. The van der Waals surface area contributed by atoms with E-state index in [0.29, 0.717) is 0 Å². The Morgan fingerprint density at radius 3 is 2.33 bits per heavy atom. The van der Waals surface area contributed by atoms with Crippen LogP contribution in [0.4, 0.5) is 13.2 Å². The van der Waals surface area contributed by atoms with Gasteiger partial charge < -0.3 is 5.11 Å². The zero-order chi connectivity index (χ0) is 11.1. The highest BCUT2D eigenvalue weighted by atomic mass is 19.4. The van der Waals surface area contributed by atoms with E-state index in [-0.39, 0.29) is 11.5 Å². The summed E-state index contributed by atoms with van der Waals surface area (Å²) in [7, 11) is 0. The van der Waals surface area contributed by atoms with Crippen molar-refractivity contribution in [2.75, 3.05) is 0 Å². The molecule has 1 aromatic carbocycles. The molecule has 0 amide bonds. The second-order valence-corrected chi connectivity index (χ2v) is 3.87. The monoisotopic (exact) mass is 216 g/mol. The van der Waals surface area contributed by atoms with Crippen molar-refractivity contribution in [1.82, 2.24) is 0 Å². The van der Waals surface area contributed by atoms with Gasteiger partial charge in [0.25, 0.3) is 0 Å². The molecule has 15 heavy (non-hydrogen) atoms. The van der Waals surface area contributed by atoms with Crippen molar-refractivity contribution in [2.24, 2.45) is 5.92 Å². The number of aliphatic hydroxyl groups is 1. The average Bonchev–Trinajstić information content (AvgIpc) is 2.98. The Bertz CT molecular complexity index is 355. The third-order valence-corrected chi connectivity index (χ3v) is 2.65. The lowest BCUT2D eigenvalue weighted by atomic mass is 9.99. The molecule has 1 aromatic rings. The summed E-state index contributed by atoms with van der Waals surface area (Å²) in [4.78, 5) is 0. The number of hydrogen-bond acceptors (Lipinski definition) is 1. The van der Waals surface area contributed by atoms with Gasteiger partial charge in [-0.2, -0.15) is 13.2 Å². The van der Waals surface area contributed by atoms with Crippen LogP contribution in [0.3, 0.4) is 0 Å². The Morgan fingerprint density at radius 2 is 1.80 bits per heavy atom. The van der Waals surface area contributed by atoms with Gasteiger partial charge in [0.2, 0.25) is 0 Å². The SMILES string of the molecule is O[C@@H](c1ccccc1C(F)(F)F)C1CC1. The summed E-state index contributed by atoms with van der Waals surface area (Å²) in [6.07, 6.45) is -3.73. The predicted octanol–water partition coefficient (Wildman–Crippen LogP) is 3.15. The van der Waals surface area contributed by atoms with Crippen LogP contribution in [0.15, 0.2) is 24.3 Å². The van der Waals surface area contributed by atoms with Crippen LogP contribution in [0.2, 0.25) is 0 Å². The summed E-state index contributed by atoms with van der Waals surface area (Å²) in [5.41, 5.74) is -0.711. The van der Waals surface area contributed by atoms with Gasteiger partial charge in [-0.1, -0.05) is 18.2 Å². The minimum absolute atomic E-state index is 0.00694. The van der Waals surface area contributed by atoms with E-state index < -0.39 is 17.8 Å². The van der Waals surface area contributed by atoms with Crippen LogP contribution in [0, 0.1) is 5.92 Å². The molecule has 0 bridgehead atoms. The van der Waals surface area contributed by atoms with Crippen molar-refractivity contribution >= 4 is 0 Å². The second-order valence-electron chi connectivity index (χ2n) is 3.87. The first kappa shape index (κ1) is 10.5. The number of rotatable bonds is 2. The van der Waals surface area contributed by atoms with Crippen molar-refractivity contribution in [3.63, 3.8) is 0 Å². The lowest BCUT2D eigenvalue weighted by Gasteiger charge is -2.16. The summed E-state index contributed by atoms with van der Waals surface area (Å²) >= 11 is 0. The first-order valence-electron chi connectivity index (χ1n) is 4.84. The molecular weight excluding hydrogens is 205 g/mol. The second kappa shape index (κ2) is 3.52. The van der Waals surface area contributed by atoms with Crippen molar-refractivity contribution < 1.29 is 18.3 Å². The summed E-state index contributed by atoms with van der Waals surface area (Å²) in [6.45, 7) is 0. The van der Waals surface area contributed by atoms with E-state index in [4.69, 9.17) is 0 Å². The lowest BCUT2D eigenvalue weighted by Crippen LogP contribution is -2.12. The Kier molecular flexibility index (Phi) is 2.46. The zero-order valence-corrected chi connectivity index (χ0v) is 7.96.